The number of amides is 3. The molecule has 0 N–H and O–H groups in total. The Morgan fingerprint density at radius 1 is 0.967 bits per heavy atom. The predicted molar refractivity (Wildman–Crippen MR) is 112 cm³/mol. The number of imide groups is 1. The molecule has 1 saturated heterocycles. The highest BCUT2D eigenvalue weighted by molar-refractivity contribution is 6.31. The van der Waals surface area contributed by atoms with E-state index in [1.54, 1.807) is 29.2 Å². The lowest BCUT2D eigenvalue weighted by molar-refractivity contribution is -0.123. The van der Waals surface area contributed by atoms with E-state index < -0.39 is 17.8 Å². The van der Waals surface area contributed by atoms with Gasteiger partial charge in [-0.3, -0.25) is 14.4 Å². The van der Waals surface area contributed by atoms with E-state index in [-0.39, 0.29) is 24.3 Å². The highest BCUT2D eigenvalue weighted by atomic mass is 35.5. The van der Waals surface area contributed by atoms with Crippen LogP contribution in [0.1, 0.15) is 48.9 Å². The summed E-state index contributed by atoms with van der Waals surface area (Å²) in [7, 11) is 0. The molecule has 3 amide bonds. The average Bonchev–Trinajstić information content (AvgIpc) is 3.04. The van der Waals surface area contributed by atoms with Crippen LogP contribution in [0.25, 0.3) is 0 Å². The third-order valence-corrected chi connectivity index (χ3v) is 6.09. The van der Waals surface area contributed by atoms with Gasteiger partial charge in [0, 0.05) is 16.6 Å². The Kier molecular flexibility index (Phi) is 5.86. The first-order chi connectivity index (χ1) is 14.5. The van der Waals surface area contributed by atoms with Crippen molar-refractivity contribution in [1.82, 2.24) is 4.90 Å². The molecule has 1 aliphatic heterocycles. The third-order valence-electron chi connectivity index (χ3n) is 5.84. The van der Waals surface area contributed by atoms with Crippen LogP contribution in [-0.4, -0.2) is 34.7 Å². The highest BCUT2D eigenvalue weighted by Gasteiger charge is 2.46. The van der Waals surface area contributed by atoms with Crippen LogP contribution in [0.5, 0.6) is 0 Å². The number of benzene rings is 2. The fraction of sp³-hybridized carbons (Fsp3) is 0.348. The maximum atomic E-state index is 13.4. The van der Waals surface area contributed by atoms with Gasteiger partial charge in [-0.25, -0.2) is 9.29 Å². The normalized spacial score (nSPS) is 19.9. The molecule has 2 aromatic carbocycles. The van der Waals surface area contributed by atoms with Gasteiger partial charge < -0.3 is 4.90 Å². The molecule has 0 bridgehead atoms. The second-order valence-corrected chi connectivity index (χ2v) is 8.21. The summed E-state index contributed by atoms with van der Waals surface area (Å²) in [6.45, 7) is 0. The lowest BCUT2D eigenvalue weighted by atomic mass is 9.92. The molecule has 4 rings (SSSR count). The van der Waals surface area contributed by atoms with Gasteiger partial charge in [-0.2, -0.15) is 0 Å². The van der Waals surface area contributed by atoms with Crippen molar-refractivity contribution in [3.8, 4) is 0 Å². The minimum atomic E-state index is -0.867. The van der Waals surface area contributed by atoms with Crippen molar-refractivity contribution in [2.45, 2.75) is 50.6 Å². The van der Waals surface area contributed by atoms with Crippen molar-refractivity contribution in [1.29, 1.82) is 0 Å². The Morgan fingerprint density at radius 3 is 2.23 bits per heavy atom. The second-order valence-electron chi connectivity index (χ2n) is 7.77. The van der Waals surface area contributed by atoms with Crippen LogP contribution in [0.4, 0.5) is 10.1 Å². The molecule has 156 valence electrons. The summed E-state index contributed by atoms with van der Waals surface area (Å²) in [6, 6.07) is 10.8. The molecular weight excluding hydrogens is 407 g/mol. The molecule has 0 aromatic heterocycles. The molecule has 7 heteroatoms. The first kappa shape index (κ1) is 20.5. The molecule has 2 aliphatic rings. The van der Waals surface area contributed by atoms with Gasteiger partial charge in [0.05, 0.1) is 12.1 Å². The quantitative estimate of drug-likeness (QED) is 0.669. The second kappa shape index (κ2) is 8.56. The first-order valence-electron chi connectivity index (χ1n) is 10.2. The largest absolute Gasteiger partial charge is 0.323 e. The van der Waals surface area contributed by atoms with E-state index in [0.29, 0.717) is 16.3 Å². The van der Waals surface area contributed by atoms with E-state index in [4.69, 9.17) is 11.6 Å². The maximum Gasteiger partial charge on any atom is 0.257 e. The molecule has 1 aliphatic carbocycles. The fourth-order valence-corrected chi connectivity index (χ4v) is 4.48. The van der Waals surface area contributed by atoms with Gasteiger partial charge in [-0.05, 0) is 61.4 Å². The minimum Gasteiger partial charge on any atom is -0.323 e. The average molecular weight is 429 g/mol. The predicted octanol–water partition coefficient (Wildman–Crippen LogP) is 4.59. The van der Waals surface area contributed by atoms with Gasteiger partial charge in [0.2, 0.25) is 5.91 Å². The zero-order chi connectivity index (χ0) is 21.3. The van der Waals surface area contributed by atoms with E-state index >= 15 is 0 Å². The monoisotopic (exact) mass is 428 g/mol. The topological polar surface area (TPSA) is 57.7 Å². The summed E-state index contributed by atoms with van der Waals surface area (Å²) in [5, 5.41) is 0.504. The molecular formula is C23H22ClFN2O3. The zero-order valence-corrected chi connectivity index (χ0v) is 17.1. The number of halogens is 2. The minimum absolute atomic E-state index is 0.0646. The molecule has 2 fully saturated rings. The Balaban J connectivity index is 1.67. The SMILES string of the molecule is O=C1CC(N(C(=O)c2ccc(F)cc2)C2CCCCC2)C(=O)N1c1ccc(Cl)cc1. The van der Waals surface area contributed by atoms with Crippen molar-refractivity contribution < 1.29 is 18.8 Å². The van der Waals surface area contributed by atoms with E-state index in [1.165, 1.54) is 24.3 Å². The summed E-state index contributed by atoms with van der Waals surface area (Å²) in [6.07, 6.45) is 4.52. The molecule has 30 heavy (non-hydrogen) atoms. The summed E-state index contributed by atoms with van der Waals surface area (Å²) in [4.78, 5) is 42.1. The smallest absolute Gasteiger partial charge is 0.257 e. The third kappa shape index (κ3) is 3.97. The molecule has 5 nitrogen and oxygen atoms in total. The molecule has 1 atom stereocenters. The Morgan fingerprint density at radius 2 is 1.60 bits per heavy atom. The van der Waals surface area contributed by atoms with Crippen molar-refractivity contribution in [3.05, 3.63) is 64.9 Å². The summed E-state index contributed by atoms with van der Waals surface area (Å²) in [5.41, 5.74) is 0.752. The van der Waals surface area contributed by atoms with E-state index in [1.807, 2.05) is 0 Å². The molecule has 2 aromatic rings. The molecule has 1 saturated carbocycles. The standard InChI is InChI=1S/C23H22ClFN2O3/c24-16-8-12-19(13-9-16)27-21(28)14-20(23(27)30)26(18-4-2-1-3-5-18)22(29)15-6-10-17(25)11-7-15/h6-13,18,20H,1-5,14H2. The van der Waals surface area contributed by atoms with Gasteiger partial charge in [-0.15, -0.1) is 0 Å². The summed E-state index contributed by atoms with van der Waals surface area (Å²) < 4.78 is 13.3. The lowest BCUT2D eigenvalue weighted by Gasteiger charge is -2.37. The van der Waals surface area contributed by atoms with E-state index in [9.17, 15) is 18.8 Å². The number of carbonyl (C=O) groups excluding carboxylic acids is 3. The number of hydrogen-bond donors (Lipinski definition) is 0. The van der Waals surface area contributed by atoms with Crippen LogP contribution in [0.15, 0.2) is 48.5 Å². The van der Waals surface area contributed by atoms with Crippen molar-refractivity contribution in [2.24, 2.45) is 0 Å². The van der Waals surface area contributed by atoms with E-state index in [0.717, 1.165) is 37.0 Å². The number of rotatable bonds is 4. The first-order valence-corrected chi connectivity index (χ1v) is 10.5. The summed E-state index contributed by atoms with van der Waals surface area (Å²) >= 11 is 5.92. The van der Waals surface area contributed by atoms with Crippen LogP contribution < -0.4 is 4.90 Å². The molecule has 1 heterocycles. The van der Waals surface area contributed by atoms with Crippen molar-refractivity contribution >= 4 is 35.0 Å². The van der Waals surface area contributed by atoms with Crippen LogP contribution in [0.3, 0.4) is 0 Å². The van der Waals surface area contributed by atoms with Crippen LogP contribution in [0, 0.1) is 5.82 Å². The molecule has 0 spiro atoms. The number of nitrogens with zero attached hydrogens (tertiary/aromatic N) is 2. The molecule has 0 radical (unpaired) electrons. The number of hydrogen-bond acceptors (Lipinski definition) is 3. The highest BCUT2D eigenvalue weighted by Crippen LogP contribution is 2.32. The Bertz CT molecular complexity index is 955. The van der Waals surface area contributed by atoms with Gasteiger partial charge in [0.15, 0.2) is 0 Å². The fourth-order valence-electron chi connectivity index (χ4n) is 4.36. The van der Waals surface area contributed by atoms with Crippen LogP contribution in [0.2, 0.25) is 5.02 Å². The lowest BCUT2D eigenvalue weighted by Crippen LogP contribution is -2.51. The maximum absolute atomic E-state index is 13.4. The van der Waals surface area contributed by atoms with Gasteiger partial charge in [-0.1, -0.05) is 30.9 Å². The van der Waals surface area contributed by atoms with Gasteiger partial charge in [0.25, 0.3) is 11.8 Å². The number of carbonyl (C=O) groups is 3. The Hall–Kier alpha value is -2.73. The van der Waals surface area contributed by atoms with E-state index in [2.05, 4.69) is 0 Å². The zero-order valence-electron chi connectivity index (χ0n) is 16.4. The van der Waals surface area contributed by atoms with Crippen molar-refractivity contribution in [2.75, 3.05) is 4.90 Å². The number of anilines is 1. The van der Waals surface area contributed by atoms with Gasteiger partial charge in [0.1, 0.15) is 11.9 Å². The van der Waals surface area contributed by atoms with Crippen LogP contribution >= 0.6 is 11.6 Å². The molecule has 1 unspecified atom stereocenters. The van der Waals surface area contributed by atoms with Gasteiger partial charge >= 0.3 is 0 Å². The summed E-state index contributed by atoms with van der Waals surface area (Å²) in [5.74, 6) is -1.54. The van der Waals surface area contributed by atoms with Crippen LogP contribution in [-0.2, 0) is 9.59 Å². The Labute approximate surface area is 179 Å². The van der Waals surface area contributed by atoms with Crippen molar-refractivity contribution in [3.63, 3.8) is 0 Å².